The van der Waals surface area contributed by atoms with Crippen LogP contribution in [0.3, 0.4) is 0 Å². The Hall–Kier alpha value is -2.34. The number of rotatable bonds is 7. The van der Waals surface area contributed by atoms with Crippen molar-refractivity contribution < 1.29 is 9.59 Å². The van der Waals surface area contributed by atoms with E-state index in [1.54, 1.807) is 6.08 Å². The van der Waals surface area contributed by atoms with E-state index < -0.39 is 11.8 Å². The van der Waals surface area contributed by atoms with Crippen LogP contribution < -0.4 is 5.32 Å². The summed E-state index contributed by atoms with van der Waals surface area (Å²) in [5, 5.41) is 2.64. The third-order valence-corrected chi connectivity index (χ3v) is 3.77. The van der Waals surface area contributed by atoms with Gasteiger partial charge in [0, 0.05) is 19.3 Å². The van der Waals surface area contributed by atoms with Crippen molar-refractivity contribution >= 4 is 35.4 Å². The molecule has 1 fully saturated rings. The van der Waals surface area contributed by atoms with Crippen LogP contribution >= 0.6 is 12.2 Å². The highest BCUT2D eigenvalue weighted by atomic mass is 32.1. The molecule has 1 atom stereocenters. The number of amides is 2. The van der Waals surface area contributed by atoms with E-state index in [9.17, 15) is 9.59 Å². The maximum Gasteiger partial charge on any atom is 0.247 e. The van der Waals surface area contributed by atoms with Crippen LogP contribution in [-0.4, -0.2) is 41.1 Å². The normalized spacial score (nSPS) is 18.3. The summed E-state index contributed by atoms with van der Waals surface area (Å²) in [5.41, 5.74) is 1.25. The third kappa shape index (κ3) is 4.56. The smallest absolute Gasteiger partial charge is 0.247 e. The number of benzene rings is 1. The average molecular weight is 329 g/mol. The van der Waals surface area contributed by atoms with Gasteiger partial charge in [0.2, 0.25) is 11.8 Å². The Morgan fingerprint density at radius 2 is 2.04 bits per heavy atom. The van der Waals surface area contributed by atoms with Crippen molar-refractivity contribution in [2.75, 3.05) is 13.1 Å². The third-order valence-electron chi connectivity index (χ3n) is 3.45. The number of aryl methyl sites for hydroxylation is 1. The fourth-order valence-electron chi connectivity index (χ4n) is 2.26. The minimum atomic E-state index is -0.918. The van der Waals surface area contributed by atoms with Crippen LogP contribution in [0, 0.1) is 5.92 Å². The van der Waals surface area contributed by atoms with Crippen molar-refractivity contribution in [1.82, 2.24) is 10.2 Å². The molecular weight excluding hydrogens is 310 g/mol. The molecule has 2 rings (SSSR count). The summed E-state index contributed by atoms with van der Waals surface area (Å²) < 4.78 is 0. The Morgan fingerprint density at radius 3 is 2.74 bits per heavy atom. The molecule has 0 bridgehead atoms. The fraction of sp³-hybridized carbons (Fsp3) is 0.294. The molecule has 1 heterocycles. The molecule has 5 nitrogen and oxygen atoms in total. The highest BCUT2D eigenvalue weighted by Crippen LogP contribution is 2.09. The minimum Gasteiger partial charge on any atom is -0.302 e. The Morgan fingerprint density at radius 1 is 1.30 bits per heavy atom. The van der Waals surface area contributed by atoms with Gasteiger partial charge in [0.1, 0.15) is 0 Å². The van der Waals surface area contributed by atoms with Gasteiger partial charge in [-0.1, -0.05) is 36.4 Å². The van der Waals surface area contributed by atoms with Crippen molar-refractivity contribution in [3.05, 3.63) is 48.6 Å². The van der Waals surface area contributed by atoms with Crippen LogP contribution in [0.15, 0.2) is 48.0 Å². The Balaban J connectivity index is 1.87. The standard InChI is InChI=1S/C17H19N3O2S/c1-2-11-20-16(22)14(15(21)19-17(20)23)12-18-10-6-9-13-7-4-3-5-8-13/h2-5,7-8,12,14H,1,6,9-11H2,(H,19,21,23)/t14-/m1/s1. The molecule has 1 aromatic rings. The maximum atomic E-state index is 12.3. The molecule has 23 heavy (non-hydrogen) atoms. The lowest BCUT2D eigenvalue weighted by atomic mass is 10.1. The fourth-order valence-corrected chi connectivity index (χ4v) is 2.53. The van der Waals surface area contributed by atoms with Crippen LogP contribution in [0.25, 0.3) is 0 Å². The molecule has 0 unspecified atom stereocenters. The van der Waals surface area contributed by atoms with E-state index in [0.717, 1.165) is 12.8 Å². The maximum absolute atomic E-state index is 12.3. The molecule has 1 aliphatic rings. The van der Waals surface area contributed by atoms with Crippen LogP contribution in [0.2, 0.25) is 0 Å². The number of nitrogens with zero attached hydrogens (tertiary/aromatic N) is 2. The first-order valence-electron chi connectivity index (χ1n) is 7.44. The van der Waals surface area contributed by atoms with Crippen molar-refractivity contribution in [3.8, 4) is 0 Å². The highest BCUT2D eigenvalue weighted by molar-refractivity contribution is 7.80. The summed E-state index contributed by atoms with van der Waals surface area (Å²) in [6.07, 6.45) is 4.75. The predicted octanol–water partition coefficient (Wildman–Crippen LogP) is 1.74. The first kappa shape index (κ1) is 17.0. The number of thiocarbonyl (C=S) groups is 1. The van der Waals surface area contributed by atoms with Crippen molar-refractivity contribution in [2.24, 2.45) is 10.9 Å². The predicted molar refractivity (Wildman–Crippen MR) is 94.3 cm³/mol. The molecule has 0 radical (unpaired) electrons. The quantitative estimate of drug-likeness (QED) is 0.272. The van der Waals surface area contributed by atoms with Gasteiger partial charge in [0.05, 0.1) is 0 Å². The Kier molecular flexibility index (Phi) is 6.17. The molecule has 0 spiro atoms. The van der Waals surface area contributed by atoms with Gasteiger partial charge in [-0.2, -0.15) is 0 Å². The summed E-state index contributed by atoms with van der Waals surface area (Å²) in [6.45, 7) is 4.42. The first-order valence-corrected chi connectivity index (χ1v) is 7.85. The number of aliphatic imine (C=N–C) groups is 1. The molecule has 0 aromatic heterocycles. The monoisotopic (exact) mass is 329 g/mol. The largest absolute Gasteiger partial charge is 0.302 e. The van der Waals surface area contributed by atoms with Gasteiger partial charge in [-0.15, -0.1) is 6.58 Å². The Bertz CT molecular complexity index is 628. The summed E-state index contributed by atoms with van der Waals surface area (Å²) in [7, 11) is 0. The van der Waals surface area contributed by atoms with E-state index in [4.69, 9.17) is 12.2 Å². The lowest BCUT2D eigenvalue weighted by Crippen LogP contribution is -2.58. The summed E-state index contributed by atoms with van der Waals surface area (Å²) >= 11 is 4.99. The van der Waals surface area contributed by atoms with Crippen molar-refractivity contribution in [3.63, 3.8) is 0 Å². The molecule has 1 aliphatic heterocycles. The van der Waals surface area contributed by atoms with Crippen LogP contribution in [0.4, 0.5) is 0 Å². The molecule has 0 saturated carbocycles. The van der Waals surface area contributed by atoms with Crippen molar-refractivity contribution in [1.29, 1.82) is 0 Å². The zero-order valence-corrected chi connectivity index (χ0v) is 13.6. The molecule has 120 valence electrons. The van der Waals surface area contributed by atoms with Gasteiger partial charge >= 0.3 is 0 Å². The van der Waals surface area contributed by atoms with E-state index in [-0.39, 0.29) is 17.6 Å². The number of carbonyl (C=O) groups is 2. The van der Waals surface area contributed by atoms with Gasteiger partial charge < -0.3 is 5.32 Å². The van der Waals surface area contributed by atoms with E-state index in [0.29, 0.717) is 6.54 Å². The van der Waals surface area contributed by atoms with Gasteiger partial charge in [0.25, 0.3) is 0 Å². The molecular formula is C17H19N3O2S. The van der Waals surface area contributed by atoms with E-state index in [2.05, 4.69) is 29.0 Å². The topological polar surface area (TPSA) is 61.8 Å². The van der Waals surface area contributed by atoms with Gasteiger partial charge in [-0.25, -0.2) is 0 Å². The zero-order valence-electron chi connectivity index (χ0n) is 12.8. The molecule has 6 heteroatoms. The number of hydrogen-bond acceptors (Lipinski definition) is 4. The number of nitrogens with one attached hydrogen (secondary N) is 1. The summed E-state index contributed by atoms with van der Waals surface area (Å²) in [4.78, 5) is 29.7. The van der Waals surface area contributed by atoms with Crippen LogP contribution in [0.5, 0.6) is 0 Å². The second kappa shape index (κ2) is 8.33. The van der Waals surface area contributed by atoms with Gasteiger partial charge in [0.15, 0.2) is 11.0 Å². The zero-order chi connectivity index (χ0) is 16.7. The molecule has 1 saturated heterocycles. The number of hydrogen-bond donors (Lipinski definition) is 1. The molecule has 2 amide bonds. The summed E-state index contributed by atoms with van der Waals surface area (Å²) in [5.74, 6) is -1.70. The second-order valence-corrected chi connectivity index (χ2v) is 5.54. The van der Waals surface area contributed by atoms with Gasteiger partial charge in [-0.05, 0) is 30.6 Å². The summed E-state index contributed by atoms with van der Waals surface area (Å²) in [6, 6.07) is 10.1. The molecule has 1 aromatic carbocycles. The van der Waals surface area contributed by atoms with Crippen molar-refractivity contribution in [2.45, 2.75) is 12.8 Å². The molecule has 0 aliphatic carbocycles. The van der Waals surface area contributed by atoms with Gasteiger partial charge in [-0.3, -0.25) is 19.5 Å². The first-order chi connectivity index (χ1) is 11.1. The minimum absolute atomic E-state index is 0.119. The Labute approximate surface area is 141 Å². The SMILES string of the molecule is C=CCN1C(=O)[C@H](C=NCCCc2ccccc2)C(=O)NC1=S. The van der Waals surface area contributed by atoms with E-state index in [1.165, 1.54) is 16.7 Å². The van der Waals surface area contributed by atoms with Crippen LogP contribution in [0.1, 0.15) is 12.0 Å². The second-order valence-electron chi connectivity index (χ2n) is 5.15. The highest BCUT2D eigenvalue weighted by Gasteiger charge is 2.36. The van der Waals surface area contributed by atoms with Crippen LogP contribution in [-0.2, 0) is 16.0 Å². The lowest BCUT2D eigenvalue weighted by molar-refractivity contribution is -0.137. The average Bonchev–Trinajstić information content (AvgIpc) is 2.55. The lowest BCUT2D eigenvalue weighted by Gasteiger charge is -2.29. The van der Waals surface area contributed by atoms with E-state index >= 15 is 0 Å². The number of carbonyl (C=O) groups excluding carboxylic acids is 2. The molecule has 1 N–H and O–H groups in total. The van der Waals surface area contributed by atoms with E-state index in [1.807, 2.05) is 18.2 Å².